The van der Waals surface area contributed by atoms with Gasteiger partial charge in [-0.25, -0.2) is 4.79 Å². The molecule has 0 spiro atoms. The Morgan fingerprint density at radius 1 is 1.30 bits per heavy atom. The number of anilines is 2. The third-order valence-electron chi connectivity index (χ3n) is 5.63. The van der Waals surface area contributed by atoms with Crippen molar-refractivity contribution in [2.24, 2.45) is 0 Å². The molecular weight excluding hydrogens is 386 g/mol. The fourth-order valence-electron chi connectivity index (χ4n) is 3.99. The van der Waals surface area contributed by atoms with Crippen molar-refractivity contribution in [1.82, 2.24) is 14.5 Å². The normalized spacial score (nSPS) is 16.9. The summed E-state index contributed by atoms with van der Waals surface area (Å²) in [5, 5.41) is 0. The smallest absolute Gasteiger partial charge is 0.330 e. The number of benzene rings is 1. The molecule has 9 heteroatoms. The molecule has 0 unspecified atom stereocenters. The monoisotopic (exact) mass is 415 g/mol. The fraction of sp³-hybridized carbons (Fsp3) is 0.476. The molecular formula is C21H29N5O4. The van der Waals surface area contributed by atoms with Gasteiger partial charge in [0.2, 0.25) is 0 Å². The standard InChI is InChI=1S/C21H29N5O4/c1-4-15-12-24(2)16-8-6-5-7-14(16)11-25(15)13-17(27)18-19(22)26(9-10-30-3)21(29)23-20(18)28/h5-8,15H,4,9-13,22H2,1-3H3,(H,23,28,29)/t15-/m1/s1. The number of Topliss-reactive ketones (excluding diaryl/α,β-unsaturated/α-hetero) is 1. The number of nitrogen functional groups attached to an aromatic ring is 1. The first kappa shape index (κ1) is 21.8. The van der Waals surface area contributed by atoms with Gasteiger partial charge in [-0.1, -0.05) is 25.1 Å². The summed E-state index contributed by atoms with van der Waals surface area (Å²) in [6.45, 7) is 3.86. The van der Waals surface area contributed by atoms with Crippen molar-refractivity contribution in [2.75, 3.05) is 44.5 Å². The zero-order valence-corrected chi connectivity index (χ0v) is 17.7. The second-order valence-corrected chi connectivity index (χ2v) is 7.56. The van der Waals surface area contributed by atoms with Crippen LogP contribution in [0.25, 0.3) is 0 Å². The van der Waals surface area contributed by atoms with Crippen LogP contribution in [0.3, 0.4) is 0 Å². The number of methoxy groups -OCH3 is 1. The number of hydrogen-bond acceptors (Lipinski definition) is 7. The van der Waals surface area contributed by atoms with Gasteiger partial charge in [0.1, 0.15) is 11.4 Å². The highest BCUT2D eigenvalue weighted by molar-refractivity contribution is 6.01. The lowest BCUT2D eigenvalue weighted by molar-refractivity contribution is 0.0883. The van der Waals surface area contributed by atoms with E-state index < -0.39 is 17.0 Å². The number of aromatic amines is 1. The van der Waals surface area contributed by atoms with Crippen molar-refractivity contribution >= 4 is 17.3 Å². The maximum absolute atomic E-state index is 13.2. The molecule has 0 saturated carbocycles. The molecule has 0 bridgehead atoms. The summed E-state index contributed by atoms with van der Waals surface area (Å²) in [5.74, 6) is -0.522. The number of ketones is 1. The van der Waals surface area contributed by atoms with E-state index in [9.17, 15) is 14.4 Å². The zero-order chi connectivity index (χ0) is 21.8. The Bertz CT molecular complexity index is 1030. The molecule has 1 atom stereocenters. The first-order valence-electron chi connectivity index (χ1n) is 10.0. The van der Waals surface area contributed by atoms with E-state index in [1.807, 2.05) is 25.2 Å². The predicted molar refractivity (Wildman–Crippen MR) is 116 cm³/mol. The third-order valence-corrected chi connectivity index (χ3v) is 5.63. The molecule has 0 saturated heterocycles. The van der Waals surface area contributed by atoms with E-state index in [-0.39, 0.29) is 37.1 Å². The van der Waals surface area contributed by atoms with E-state index in [0.717, 1.165) is 24.2 Å². The molecule has 0 amide bonds. The lowest BCUT2D eigenvalue weighted by Gasteiger charge is -2.30. The van der Waals surface area contributed by atoms with Gasteiger partial charge in [-0.15, -0.1) is 0 Å². The quantitative estimate of drug-likeness (QED) is 0.639. The van der Waals surface area contributed by atoms with Crippen LogP contribution in [0.15, 0.2) is 33.9 Å². The second-order valence-electron chi connectivity index (χ2n) is 7.56. The Labute approximate surface area is 175 Å². The van der Waals surface area contributed by atoms with Crippen LogP contribution in [0.5, 0.6) is 0 Å². The molecule has 0 radical (unpaired) electrons. The van der Waals surface area contributed by atoms with Crippen molar-refractivity contribution in [2.45, 2.75) is 32.5 Å². The summed E-state index contributed by atoms with van der Waals surface area (Å²) < 4.78 is 6.16. The van der Waals surface area contributed by atoms with Gasteiger partial charge in [0.25, 0.3) is 5.56 Å². The number of nitrogens with one attached hydrogen (secondary N) is 1. The average molecular weight is 415 g/mol. The minimum Gasteiger partial charge on any atom is -0.384 e. The van der Waals surface area contributed by atoms with E-state index in [0.29, 0.717) is 6.54 Å². The van der Waals surface area contributed by atoms with Gasteiger partial charge in [-0.2, -0.15) is 0 Å². The summed E-state index contributed by atoms with van der Waals surface area (Å²) in [6.07, 6.45) is 0.852. The van der Waals surface area contributed by atoms with Crippen LogP contribution in [0.1, 0.15) is 29.3 Å². The van der Waals surface area contributed by atoms with Crippen molar-refractivity contribution in [3.8, 4) is 0 Å². The number of ether oxygens (including phenoxy) is 1. The summed E-state index contributed by atoms with van der Waals surface area (Å²) in [5.41, 5.74) is 6.75. The van der Waals surface area contributed by atoms with Crippen molar-refractivity contribution in [3.05, 3.63) is 56.2 Å². The van der Waals surface area contributed by atoms with Gasteiger partial charge in [-0.05, 0) is 18.1 Å². The zero-order valence-electron chi connectivity index (χ0n) is 17.7. The molecule has 3 rings (SSSR count). The highest BCUT2D eigenvalue weighted by Crippen LogP contribution is 2.27. The highest BCUT2D eigenvalue weighted by Gasteiger charge is 2.29. The highest BCUT2D eigenvalue weighted by atomic mass is 16.5. The van der Waals surface area contributed by atoms with Gasteiger partial charge in [0.05, 0.1) is 19.7 Å². The number of fused-ring (bicyclic) bond motifs is 1. The summed E-state index contributed by atoms with van der Waals surface area (Å²) in [7, 11) is 3.54. The number of hydrogen-bond donors (Lipinski definition) is 2. The van der Waals surface area contributed by atoms with E-state index in [1.165, 1.54) is 11.7 Å². The number of carbonyl (C=O) groups excluding carboxylic acids is 1. The largest absolute Gasteiger partial charge is 0.384 e. The molecule has 1 aliphatic rings. The molecule has 1 aliphatic heterocycles. The van der Waals surface area contributed by atoms with Crippen LogP contribution in [-0.4, -0.2) is 60.1 Å². The number of H-pyrrole nitrogens is 1. The Kier molecular flexibility index (Phi) is 6.73. The Balaban J connectivity index is 1.93. The summed E-state index contributed by atoms with van der Waals surface area (Å²) >= 11 is 0. The van der Waals surface area contributed by atoms with Crippen LogP contribution >= 0.6 is 0 Å². The number of aromatic nitrogens is 2. The van der Waals surface area contributed by atoms with Gasteiger partial charge in [0, 0.05) is 39.0 Å². The number of carbonyl (C=O) groups is 1. The maximum atomic E-state index is 13.2. The first-order valence-corrected chi connectivity index (χ1v) is 10.0. The Hall–Kier alpha value is -2.91. The van der Waals surface area contributed by atoms with E-state index in [2.05, 4.69) is 27.8 Å². The number of likely N-dealkylation sites (N-methyl/N-ethyl adjacent to an activating group) is 1. The Morgan fingerprint density at radius 3 is 2.73 bits per heavy atom. The van der Waals surface area contributed by atoms with Crippen molar-refractivity contribution < 1.29 is 9.53 Å². The molecule has 9 nitrogen and oxygen atoms in total. The average Bonchev–Trinajstić information content (AvgIpc) is 2.84. The van der Waals surface area contributed by atoms with Crippen molar-refractivity contribution in [1.29, 1.82) is 0 Å². The number of nitrogens with zero attached hydrogens (tertiary/aromatic N) is 3. The van der Waals surface area contributed by atoms with Crippen LogP contribution in [0.4, 0.5) is 11.5 Å². The lowest BCUT2D eigenvalue weighted by atomic mass is 10.1. The third kappa shape index (κ3) is 4.31. The second kappa shape index (κ2) is 9.27. The topological polar surface area (TPSA) is 114 Å². The maximum Gasteiger partial charge on any atom is 0.330 e. The van der Waals surface area contributed by atoms with E-state index >= 15 is 0 Å². The van der Waals surface area contributed by atoms with E-state index in [1.54, 1.807) is 0 Å². The molecule has 30 heavy (non-hydrogen) atoms. The molecule has 2 heterocycles. The molecule has 1 aromatic carbocycles. The minimum absolute atomic E-state index is 0.0381. The minimum atomic E-state index is -0.753. The first-order chi connectivity index (χ1) is 14.4. The SMILES string of the molecule is CC[C@@H]1CN(C)c2ccccc2CN1CC(=O)c1c(N)n(CCOC)c(=O)[nH]c1=O. The van der Waals surface area contributed by atoms with E-state index in [4.69, 9.17) is 10.5 Å². The molecule has 1 aromatic heterocycles. The number of rotatable bonds is 7. The van der Waals surface area contributed by atoms with Crippen LogP contribution in [0, 0.1) is 0 Å². The summed E-state index contributed by atoms with van der Waals surface area (Å²) in [6, 6.07) is 8.23. The van der Waals surface area contributed by atoms with Gasteiger partial charge in [-0.3, -0.25) is 24.0 Å². The predicted octanol–water partition coefficient (Wildman–Crippen LogP) is 0.679. The molecule has 0 fully saturated rings. The van der Waals surface area contributed by atoms with Gasteiger partial charge >= 0.3 is 5.69 Å². The van der Waals surface area contributed by atoms with Gasteiger partial charge < -0.3 is 15.4 Å². The Morgan fingerprint density at radius 2 is 2.03 bits per heavy atom. The summed E-state index contributed by atoms with van der Waals surface area (Å²) in [4.78, 5) is 44.1. The van der Waals surface area contributed by atoms with Crippen LogP contribution in [0.2, 0.25) is 0 Å². The van der Waals surface area contributed by atoms with Crippen molar-refractivity contribution in [3.63, 3.8) is 0 Å². The number of nitrogens with two attached hydrogens (primary N) is 1. The molecule has 0 aliphatic carbocycles. The molecule has 162 valence electrons. The number of para-hydroxylation sites is 1. The molecule has 3 N–H and O–H groups in total. The fourth-order valence-corrected chi connectivity index (χ4v) is 3.99. The lowest BCUT2D eigenvalue weighted by Crippen LogP contribution is -2.44. The van der Waals surface area contributed by atoms with Crippen LogP contribution in [-0.2, 0) is 17.8 Å². The van der Waals surface area contributed by atoms with Gasteiger partial charge in [0.15, 0.2) is 5.78 Å². The molecule has 2 aromatic rings. The van der Waals surface area contributed by atoms with Crippen LogP contribution < -0.4 is 21.9 Å².